The van der Waals surface area contributed by atoms with Gasteiger partial charge in [0.05, 0.1) is 0 Å². The van der Waals surface area contributed by atoms with Gasteiger partial charge in [0.25, 0.3) is 0 Å². The normalized spacial score (nSPS) is 13.7. The first-order chi connectivity index (χ1) is 23.6. The minimum absolute atomic E-state index is 0.0545. The number of ether oxygens (including phenoxy) is 3. The molecular formula is C39H57N3O8. The van der Waals surface area contributed by atoms with E-state index >= 15 is 0 Å². The smallest absolute Gasteiger partial charge is 0.410 e. The van der Waals surface area contributed by atoms with Gasteiger partial charge in [-0.05, 0) is 76.6 Å². The van der Waals surface area contributed by atoms with E-state index in [1.54, 1.807) is 41.5 Å². The van der Waals surface area contributed by atoms with Crippen LogP contribution in [0, 0.1) is 0 Å². The SMILES string of the molecule is CCCCCCCC[C@@H](CN(CC[C@H](NC(=O)OC(C)(C)C)C(=O)O)C(=O)OC(C)(C)C)NC(=O)OCC1c2ccccc2-c2ccccc21. The molecule has 0 saturated carbocycles. The number of aliphatic carboxylic acids is 1. The summed E-state index contributed by atoms with van der Waals surface area (Å²) in [5.74, 6) is -1.37. The Hall–Kier alpha value is -4.28. The van der Waals surface area contributed by atoms with E-state index in [2.05, 4.69) is 41.8 Å². The maximum atomic E-state index is 13.5. The van der Waals surface area contributed by atoms with Crippen LogP contribution in [-0.2, 0) is 19.0 Å². The molecule has 1 aliphatic rings. The fourth-order valence-electron chi connectivity index (χ4n) is 6.03. The summed E-state index contributed by atoms with van der Waals surface area (Å²) in [6.07, 6.45) is 4.64. The van der Waals surface area contributed by atoms with Gasteiger partial charge in [-0.25, -0.2) is 19.2 Å². The Morgan fingerprint density at radius 1 is 0.760 bits per heavy atom. The molecule has 0 radical (unpaired) electrons. The van der Waals surface area contributed by atoms with Crippen molar-refractivity contribution in [1.29, 1.82) is 0 Å². The van der Waals surface area contributed by atoms with Crippen LogP contribution >= 0.6 is 0 Å². The lowest BCUT2D eigenvalue weighted by Gasteiger charge is -2.31. The number of carboxylic acids is 1. The van der Waals surface area contributed by atoms with Crippen molar-refractivity contribution >= 4 is 24.2 Å². The molecule has 276 valence electrons. The van der Waals surface area contributed by atoms with Crippen molar-refractivity contribution in [3.63, 3.8) is 0 Å². The van der Waals surface area contributed by atoms with Gasteiger partial charge in [-0.15, -0.1) is 0 Å². The van der Waals surface area contributed by atoms with Crippen LogP contribution in [0.4, 0.5) is 14.4 Å². The van der Waals surface area contributed by atoms with E-state index in [0.29, 0.717) is 6.42 Å². The number of carbonyl (C=O) groups excluding carboxylic acids is 3. The Morgan fingerprint density at radius 3 is 1.88 bits per heavy atom. The van der Waals surface area contributed by atoms with Crippen LogP contribution in [0.1, 0.15) is 117 Å². The second-order valence-corrected chi connectivity index (χ2v) is 15.0. The first-order valence-electron chi connectivity index (χ1n) is 17.9. The van der Waals surface area contributed by atoms with E-state index < -0.39 is 47.5 Å². The molecule has 0 spiro atoms. The average Bonchev–Trinajstić information content (AvgIpc) is 3.34. The van der Waals surface area contributed by atoms with Crippen molar-refractivity contribution in [3.8, 4) is 11.1 Å². The zero-order valence-electron chi connectivity index (χ0n) is 30.9. The van der Waals surface area contributed by atoms with Crippen molar-refractivity contribution in [1.82, 2.24) is 15.5 Å². The Labute approximate surface area is 297 Å². The number of nitrogens with zero attached hydrogens (tertiary/aromatic N) is 1. The van der Waals surface area contributed by atoms with Gasteiger partial charge < -0.3 is 34.9 Å². The molecule has 50 heavy (non-hydrogen) atoms. The van der Waals surface area contributed by atoms with Crippen LogP contribution in [0.15, 0.2) is 48.5 Å². The molecule has 0 bridgehead atoms. The van der Waals surface area contributed by atoms with Crippen LogP contribution in [0.25, 0.3) is 11.1 Å². The van der Waals surface area contributed by atoms with E-state index in [-0.39, 0.29) is 32.0 Å². The second-order valence-electron chi connectivity index (χ2n) is 15.0. The van der Waals surface area contributed by atoms with Gasteiger partial charge in [-0.2, -0.15) is 0 Å². The van der Waals surface area contributed by atoms with Gasteiger partial charge in [0.2, 0.25) is 0 Å². The Kier molecular flexibility index (Phi) is 15.0. The predicted molar refractivity (Wildman–Crippen MR) is 193 cm³/mol. The molecule has 11 nitrogen and oxygen atoms in total. The third kappa shape index (κ3) is 13.2. The Balaban J connectivity index is 1.74. The summed E-state index contributed by atoms with van der Waals surface area (Å²) in [7, 11) is 0. The average molecular weight is 696 g/mol. The third-order valence-corrected chi connectivity index (χ3v) is 8.34. The molecule has 3 N–H and O–H groups in total. The van der Waals surface area contributed by atoms with E-state index in [1.165, 1.54) is 4.90 Å². The lowest BCUT2D eigenvalue weighted by molar-refractivity contribution is -0.139. The molecule has 0 aliphatic heterocycles. The molecule has 2 aromatic carbocycles. The molecule has 11 heteroatoms. The van der Waals surface area contributed by atoms with Crippen molar-refractivity contribution in [3.05, 3.63) is 59.7 Å². The lowest BCUT2D eigenvalue weighted by atomic mass is 9.98. The van der Waals surface area contributed by atoms with Crippen molar-refractivity contribution in [2.75, 3.05) is 19.7 Å². The molecular weight excluding hydrogens is 638 g/mol. The minimum Gasteiger partial charge on any atom is -0.480 e. The summed E-state index contributed by atoms with van der Waals surface area (Å²) in [6, 6.07) is 14.4. The molecule has 0 fully saturated rings. The van der Waals surface area contributed by atoms with Gasteiger partial charge in [0.1, 0.15) is 23.9 Å². The molecule has 0 saturated heterocycles. The molecule has 0 unspecified atom stereocenters. The fraction of sp³-hybridized carbons (Fsp3) is 0.590. The monoisotopic (exact) mass is 695 g/mol. The van der Waals surface area contributed by atoms with Crippen molar-refractivity contribution in [2.45, 2.75) is 129 Å². The van der Waals surface area contributed by atoms with E-state index in [4.69, 9.17) is 14.2 Å². The summed E-state index contributed by atoms with van der Waals surface area (Å²) in [4.78, 5) is 52.7. The minimum atomic E-state index is -1.32. The van der Waals surface area contributed by atoms with Crippen LogP contribution < -0.4 is 10.6 Å². The number of rotatable bonds is 17. The quantitative estimate of drug-likeness (QED) is 0.111. The van der Waals surface area contributed by atoms with Gasteiger partial charge in [-0.1, -0.05) is 94.0 Å². The second kappa shape index (κ2) is 18.6. The fourth-order valence-corrected chi connectivity index (χ4v) is 6.03. The summed E-state index contributed by atoms with van der Waals surface area (Å²) in [5.41, 5.74) is 2.84. The van der Waals surface area contributed by atoms with Crippen molar-refractivity contribution in [2.24, 2.45) is 0 Å². The summed E-state index contributed by atoms with van der Waals surface area (Å²) in [6.45, 7) is 12.6. The molecule has 3 rings (SSSR count). The molecule has 3 amide bonds. The number of benzene rings is 2. The molecule has 0 heterocycles. The molecule has 2 atom stereocenters. The number of carbonyl (C=O) groups is 4. The molecule has 0 aromatic heterocycles. The topological polar surface area (TPSA) is 144 Å². The summed E-state index contributed by atoms with van der Waals surface area (Å²) in [5, 5.41) is 15.2. The standard InChI is InChI=1S/C39H57N3O8/c1-8-9-10-11-12-13-18-27(40-35(45)48-26-32-30-21-16-14-19-28(30)29-20-15-17-22-31(29)32)25-42(37(47)50-39(5,6)7)24-23-33(34(43)44)41-36(46)49-38(2,3)4/h14-17,19-22,27,32-33H,8-13,18,23-26H2,1-7H3,(H,40,45)(H,41,46)(H,43,44)/t27-,33-/m0/s1. The zero-order valence-corrected chi connectivity index (χ0v) is 30.9. The highest BCUT2D eigenvalue weighted by atomic mass is 16.6. The van der Waals surface area contributed by atoms with E-state index in [1.807, 2.05) is 24.3 Å². The maximum absolute atomic E-state index is 13.5. The maximum Gasteiger partial charge on any atom is 0.410 e. The number of amides is 3. The Bertz CT molecular complexity index is 1390. The number of fused-ring (bicyclic) bond motifs is 3. The first kappa shape index (κ1) is 40.2. The molecule has 1 aliphatic carbocycles. The van der Waals surface area contributed by atoms with Crippen LogP contribution in [-0.4, -0.2) is 77.2 Å². The first-order valence-corrected chi connectivity index (χ1v) is 17.9. The number of unbranched alkanes of at least 4 members (excludes halogenated alkanes) is 5. The largest absolute Gasteiger partial charge is 0.480 e. The molecule has 2 aromatic rings. The highest BCUT2D eigenvalue weighted by Gasteiger charge is 2.31. The Morgan fingerprint density at radius 2 is 1.32 bits per heavy atom. The number of alkyl carbamates (subject to hydrolysis) is 2. The van der Waals surface area contributed by atoms with E-state index in [9.17, 15) is 24.3 Å². The summed E-state index contributed by atoms with van der Waals surface area (Å²) >= 11 is 0. The number of nitrogens with one attached hydrogen (secondary N) is 2. The number of carboxylic acid groups (broad SMARTS) is 1. The van der Waals surface area contributed by atoms with Crippen molar-refractivity contribution < 1.29 is 38.5 Å². The number of hydrogen-bond acceptors (Lipinski definition) is 7. The van der Waals surface area contributed by atoms with Crippen LogP contribution in [0.5, 0.6) is 0 Å². The van der Waals surface area contributed by atoms with E-state index in [0.717, 1.165) is 60.8 Å². The van der Waals surface area contributed by atoms with Crippen LogP contribution in [0.3, 0.4) is 0 Å². The summed E-state index contributed by atoms with van der Waals surface area (Å²) < 4.78 is 16.8. The van der Waals surface area contributed by atoms with Gasteiger partial charge in [-0.3, -0.25) is 0 Å². The third-order valence-electron chi connectivity index (χ3n) is 8.34. The van der Waals surface area contributed by atoms with Gasteiger partial charge >= 0.3 is 24.2 Å². The highest BCUT2D eigenvalue weighted by Crippen LogP contribution is 2.44. The number of hydrogen-bond donors (Lipinski definition) is 3. The zero-order chi connectivity index (χ0) is 36.9. The predicted octanol–water partition coefficient (Wildman–Crippen LogP) is 8.25. The van der Waals surface area contributed by atoms with Gasteiger partial charge in [0, 0.05) is 25.0 Å². The van der Waals surface area contributed by atoms with Crippen LogP contribution in [0.2, 0.25) is 0 Å². The lowest BCUT2D eigenvalue weighted by Crippen LogP contribution is -2.50. The van der Waals surface area contributed by atoms with Gasteiger partial charge in [0.15, 0.2) is 0 Å². The highest BCUT2D eigenvalue weighted by molar-refractivity contribution is 5.80.